The molecule has 0 aliphatic heterocycles. The molecule has 0 spiro atoms. The first kappa shape index (κ1) is 32.9. The zero-order valence-electron chi connectivity index (χ0n) is 22.7. The van der Waals surface area contributed by atoms with E-state index in [2.05, 4.69) is 13.8 Å². The van der Waals surface area contributed by atoms with Gasteiger partial charge < -0.3 is 19.5 Å². The largest absolute Gasteiger partial charge is 0.464 e. The Labute approximate surface area is 210 Å². The van der Waals surface area contributed by atoms with Crippen molar-refractivity contribution in [2.45, 2.75) is 136 Å². The topological polar surface area (TPSA) is 76.1 Å². The van der Waals surface area contributed by atoms with Crippen molar-refractivity contribution in [3.63, 3.8) is 0 Å². The van der Waals surface area contributed by atoms with Crippen LogP contribution in [0.5, 0.6) is 0 Å². The van der Waals surface area contributed by atoms with E-state index in [0.29, 0.717) is 32.5 Å². The van der Waals surface area contributed by atoms with Crippen LogP contribution in [0.4, 0.5) is 0 Å². The first-order chi connectivity index (χ1) is 16.5. The van der Waals surface area contributed by atoms with Gasteiger partial charge in [-0.1, -0.05) is 78.1 Å². The highest BCUT2D eigenvalue weighted by atomic mass is 16.5. The molecule has 0 amide bonds. The number of aliphatic hydroxyl groups is 1. The Morgan fingerprint density at radius 1 is 0.706 bits per heavy atom. The van der Waals surface area contributed by atoms with Crippen molar-refractivity contribution in [1.82, 2.24) is 4.90 Å². The Morgan fingerprint density at radius 2 is 1.21 bits per heavy atom. The maximum Gasteiger partial charge on any atom is 0.306 e. The number of aliphatic hydroxyl groups excluding tert-OH is 1. The van der Waals surface area contributed by atoms with E-state index in [1.807, 2.05) is 11.9 Å². The number of rotatable bonds is 25. The standard InChI is InChI=1S/C28H55NO5/c1-4-6-8-10-11-15-19-26(18-14-9-7-5-2)34-28(32)21-17-13-12-16-20-27(31)33-25-23-29(3)22-24-30/h26,30H,4-25H2,1-3H3. The number of nitrogens with zero attached hydrogens (tertiary/aromatic N) is 1. The van der Waals surface area contributed by atoms with E-state index >= 15 is 0 Å². The van der Waals surface area contributed by atoms with Gasteiger partial charge >= 0.3 is 11.9 Å². The van der Waals surface area contributed by atoms with Crippen molar-refractivity contribution in [2.24, 2.45) is 0 Å². The van der Waals surface area contributed by atoms with Crippen molar-refractivity contribution >= 4 is 11.9 Å². The molecule has 0 aliphatic rings. The highest BCUT2D eigenvalue weighted by Crippen LogP contribution is 2.17. The average molecular weight is 486 g/mol. The summed E-state index contributed by atoms with van der Waals surface area (Å²) in [5.74, 6) is -0.227. The average Bonchev–Trinajstić information content (AvgIpc) is 2.81. The van der Waals surface area contributed by atoms with E-state index in [0.717, 1.165) is 51.4 Å². The van der Waals surface area contributed by atoms with Crippen molar-refractivity contribution in [2.75, 3.05) is 33.4 Å². The maximum absolute atomic E-state index is 12.4. The van der Waals surface area contributed by atoms with Crippen molar-refractivity contribution in [3.05, 3.63) is 0 Å². The number of unbranched alkanes of at least 4 members (excludes halogenated alkanes) is 11. The van der Waals surface area contributed by atoms with E-state index in [4.69, 9.17) is 14.6 Å². The fourth-order valence-corrected chi connectivity index (χ4v) is 4.02. The second-order valence-corrected chi connectivity index (χ2v) is 9.68. The Kier molecular flexibility index (Phi) is 24.1. The summed E-state index contributed by atoms with van der Waals surface area (Å²) in [6.45, 7) is 6.14. The van der Waals surface area contributed by atoms with Crippen molar-refractivity contribution < 1.29 is 24.2 Å². The molecular weight excluding hydrogens is 430 g/mol. The molecule has 202 valence electrons. The van der Waals surface area contributed by atoms with Gasteiger partial charge in [-0.3, -0.25) is 9.59 Å². The summed E-state index contributed by atoms with van der Waals surface area (Å²) < 4.78 is 11.1. The van der Waals surface area contributed by atoms with Crippen LogP contribution < -0.4 is 0 Å². The van der Waals surface area contributed by atoms with Gasteiger partial charge in [0.2, 0.25) is 0 Å². The smallest absolute Gasteiger partial charge is 0.306 e. The van der Waals surface area contributed by atoms with E-state index in [-0.39, 0.29) is 24.6 Å². The molecule has 34 heavy (non-hydrogen) atoms. The van der Waals surface area contributed by atoms with Gasteiger partial charge in [-0.2, -0.15) is 0 Å². The van der Waals surface area contributed by atoms with Crippen molar-refractivity contribution in [3.8, 4) is 0 Å². The van der Waals surface area contributed by atoms with E-state index in [1.54, 1.807) is 0 Å². The molecule has 0 rings (SSSR count). The minimum absolute atomic E-state index is 0.0575. The van der Waals surface area contributed by atoms with Gasteiger partial charge in [-0.05, 0) is 45.6 Å². The Hall–Kier alpha value is -1.14. The zero-order valence-corrected chi connectivity index (χ0v) is 22.7. The number of hydrogen-bond donors (Lipinski definition) is 1. The Morgan fingerprint density at radius 3 is 1.79 bits per heavy atom. The number of ether oxygens (including phenoxy) is 2. The lowest BCUT2D eigenvalue weighted by atomic mass is 10.0. The number of carbonyl (C=O) groups excluding carboxylic acids is 2. The summed E-state index contributed by atoms with van der Waals surface area (Å²) in [5.41, 5.74) is 0. The summed E-state index contributed by atoms with van der Waals surface area (Å²) >= 11 is 0. The van der Waals surface area contributed by atoms with E-state index < -0.39 is 0 Å². The third kappa shape index (κ3) is 22.6. The van der Waals surface area contributed by atoms with E-state index in [1.165, 1.54) is 51.4 Å². The monoisotopic (exact) mass is 485 g/mol. The van der Waals surface area contributed by atoms with Crippen LogP contribution in [0.2, 0.25) is 0 Å². The van der Waals surface area contributed by atoms with Gasteiger partial charge in [-0.25, -0.2) is 0 Å². The molecule has 1 N–H and O–H groups in total. The fraction of sp³-hybridized carbons (Fsp3) is 0.929. The molecule has 0 aromatic heterocycles. The summed E-state index contributed by atoms with van der Waals surface area (Å²) in [6.07, 6.45) is 18.9. The highest BCUT2D eigenvalue weighted by Gasteiger charge is 2.14. The summed E-state index contributed by atoms with van der Waals surface area (Å²) in [5, 5.41) is 8.85. The summed E-state index contributed by atoms with van der Waals surface area (Å²) in [4.78, 5) is 26.1. The number of carbonyl (C=O) groups is 2. The quantitative estimate of drug-likeness (QED) is 0.119. The Bertz CT molecular complexity index is 472. The normalized spacial score (nSPS) is 12.1. The molecule has 6 nitrogen and oxygen atoms in total. The lowest BCUT2D eigenvalue weighted by Crippen LogP contribution is -2.27. The molecule has 0 heterocycles. The number of esters is 2. The molecule has 0 aromatic rings. The molecule has 1 unspecified atom stereocenters. The fourth-order valence-electron chi connectivity index (χ4n) is 4.02. The second kappa shape index (κ2) is 25.0. The minimum atomic E-state index is -0.169. The molecule has 0 bridgehead atoms. The third-order valence-electron chi connectivity index (χ3n) is 6.29. The lowest BCUT2D eigenvalue weighted by molar-refractivity contribution is -0.150. The third-order valence-corrected chi connectivity index (χ3v) is 6.29. The molecular formula is C28H55NO5. The molecule has 1 atom stereocenters. The van der Waals surface area contributed by atoms with Gasteiger partial charge in [0.15, 0.2) is 0 Å². The van der Waals surface area contributed by atoms with Gasteiger partial charge in [-0.15, -0.1) is 0 Å². The van der Waals surface area contributed by atoms with Gasteiger partial charge in [0.25, 0.3) is 0 Å². The van der Waals surface area contributed by atoms with Crippen LogP contribution >= 0.6 is 0 Å². The van der Waals surface area contributed by atoms with E-state index in [9.17, 15) is 9.59 Å². The SMILES string of the molecule is CCCCCCCCC(CCCCCC)OC(=O)CCCCCCC(=O)OCCN(C)CCO. The van der Waals surface area contributed by atoms with Gasteiger partial charge in [0, 0.05) is 25.9 Å². The summed E-state index contributed by atoms with van der Waals surface area (Å²) in [6, 6.07) is 0. The highest BCUT2D eigenvalue weighted by molar-refractivity contribution is 5.69. The molecule has 0 radical (unpaired) electrons. The van der Waals surface area contributed by atoms with Crippen LogP contribution in [-0.2, 0) is 19.1 Å². The molecule has 0 fully saturated rings. The van der Waals surface area contributed by atoms with Gasteiger partial charge in [0.05, 0.1) is 6.61 Å². The molecule has 6 heteroatoms. The van der Waals surface area contributed by atoms with Crippen LogP contribution in [0.15, 0.2) is 0 Å². The Balaban J connectivity index is 3.92. The minimum Gasteiger partial charge on any atom is -0.464 e. The summed E-state index contributed by atoms with van der Waals surface area (Å²) in [7, 11) is 1.89. The first-order valence-electron chi connectivity index (χ1n) is 14.2. The predicted octanol–water partition coefficient (Wildman–Crippen LogP) is 6.43. The van der Waals surface area contributed by atoms with Crippen molar-refractivity contribution in [1.29, 1.82) is 0 Å². The zero-order chi connectivity index (χ0) is 25.3. The molecule has 0 aromatic carbocycles. The number of hydrogen-bond acceptors (Lipinski definition) is 6. The molecule has 0 saturated carbocycles. The van der Waals surface area contributed by atoms with Crippen LogP contribution in [0.3, 0.4) is 0 Å². The van der Waals surface area contributed by atoms with Crippen LogP contribution in [0.1, 0.15) is 129 Å². The predicted molar refractivity (Wildman–Crippen MR) is 140 cm³/mol. The number of likely N-dealkylation sites (N-methyl/N-ethyl adjacent to an activating group) is 1. The van der Waals surface area contributed by atoms with Crippen LogP contribution in [-0.4, -0.2) is 61.4 Å². The first-order valence-corrected chi connectivity index (χ1v) is 14.2. The molecule has 0 aliphatic carbocycles. The van der Waals surface area contributed by atoms with Crippen LogP contribution in [0, 0.1) is 0 Å². The molecule has 0 saturated heterocycles. The lowest BCUT2D eigenvalue weighted by Gasteiger charge is -2.18. The maximum atomic E-state index is 12.4. The van der Waals surface area contributed by atoms with Gasteiger partial charge in [0.1, 0.15) is 12.7 Å². The second-order valence-electron chi connectivity index (χ2n) is 9.68. The van der Waals surface area contributed by atoms with Crippen LogP contribution in [0.25, 0.3) is 0 Å².